The van der Waals surface area contributed by atoms with E-state index in [1.807, 2.05) is 31.2 Å². The topological polar surface area (TPSA) is 83.7 Å². The molecule has 7 heteroatoms. The zero-order valence-corrected chi connectivity index (χ0v) is 16.7. The number of aromatic nitrogens is 2. The van der Waals surface area contributed by atoms with Crippen molar-refractivity contribution < 1.29 is 23.4 Å². The van der Waals surface area contributed by atoms with Crippen LogP contribution in [0.25, 0.3) is 17.5 Å². The number of methoxy groups -OCH3 is 2. The Morgan fingerprint density at radius 1 is 1.07 bits per heavy atom. The average molecular weight is 394 g/mol. The number of hydrogen-bond acceptors (Lipinski definition) is 7. The van der Waals surface area contributed by atoms with E-state index in [4.69, 9.17) is 18.6 Å². The maximum atomic E-state index is 12.2. The smallest absolute Gasteiger partial charge is 0.331 e. The molecule has 150 valence electrons. The van der Waals surface area contributed by atoms with E-state index in [-0.39, 0.29) is 5.89 Å². The van der Waals surface area contributed by atoms with Crippen molar-refractivity contribution in [3.8, 4) is 23.0 Å². The Hall–Kier alpha value is -3.61. The second-order valence-corrected chi connectivity index (χ2v) is 6.33. The monoisotopic (exact) mass is 394 g/mol. The van der Waals surface area contributed by atoms with Crippen molar-refractivity contribution >= 4 is 12.0 Å². The van der Waals surface area contributed by atoms with E-state index in [0.717, 1.165) is 16.7 Å². The lowest BCUT2D eigenvalue weighted by molar-refractivity contribution is -0.143. The SMILES string of the molecule is COc1ccc(/C=C/C(=O)O[C@H](C)c2nnc(-c3ccc(C)cc3)o2)c(OC)c1. The lowest BCUT2D eigenvalue weighted by Crippen LogP contribution is -2.06. The van der Waals surface area contributed by atoms with Gasteiger partial charge in [-0.3, -0.25) is 0 Å². The van der Waals surface area contributed by atoms with Crippen LogP contribution in [0.5, 0.6) is 11.5 Å². The standard InChI is InChI=1S/C22H22N2O5/c1-14-5-7-17(8-6-14)22-24-23-21(29-22)15(2)28-20(25)12-10-16-9-11-18(26-3)13-19(16)27-4/h5-13,15H,1-4H3/b12-10+/t15-/m1/s1. The molecule has 0 aliphatic rings. The molecule has 0 aliphatic heterocycles. The summed E-state index contributed by atoms with van der Waals surface area (Å²) in [7, 11) is 3.12. The van der Waals surface area contributed by atoms with Crippen LogP contribution in [0.3, 0.4) is 0 Å². The molecule has 0 fully saturated rings. The molecule has 1 heterocycles. The molecule has 0 amide bonds. The number of nitrogens with zero attached hydrogens (tertiary/aromatic N) is 2. The van der Waals surface area contributed by atoms with E-state index < -0.39 is 12.1 Å². The molecule has 29 heavy (non-hydrogen) atoms. The average Bonchev–Trinajstić information content (AvgIpc) is 3.23. The van der Waals surface area contributed by atoms with Gasteiger partial charge in [0.15, 0.2) is 6.10 Å². The van der Waals surface area contributed by atoms with Crippen molar-refractivity contribution in [1.29, 1.82) is 0 Å². The number of carbonyl (C=O) groups excluding carboxylic acids is 1. The van der Waals surface area contributed by atoms with Crippen molar-refractivity contribution in [3.63, 3.8) is 0 Å². The van der Waals surface area contributed by atoms with E-state index in [9.17, 15) is 4.79 Å². The first-order valence-electron chi connectivity index (χ1n) is 9.01. The van der Waals surface area contributed by atoms with E-state index in [0.29, 0.717) is 17.4 Å². The normalized spacial score (nSPS) is 12.0. The minimum atomic E-state index is -0.684. The summed E-state index contributed by atoms with van der Waals surface area (Å²) in [5.41, 5.74) is 2.66. The molecule has 1 aromatic heterocycles. The molecule has 0 N–H and O–H groups in total. The first kappa shape index (κ1) is 20.1. The van der Waals surface area contributed by atoms with Crippen LogP contribution in [0.1, 0.15) is 30.0 Å². The van der Waals surface area contributed by atoms with Gasteiger partial charge in [-0.05, 0) is 44.2 Å². The predicted octanol–water partition coefficient (Wildman–Crippen LogP) is 4.38. The summed E-state index contributed by atoms with van der Waals surface area (Å²) in [6, 6.07) is 13.0. The molecular weight excluding hydrogens is 372 g/mol. The van der Waals surface area contributed by atoms with E-state index in [2.05, 4.69) is 10.2 Å². The highest BCUT2D eigenvalue weighted by Crippen LogP contribution is 2.26. The fraction of sp³-hybridized carbons (Fsp3) is 0.227. The van der Waals surface area contributed by atoms with Crippen LogP contribution >= 0.6 is 0 Å². The molecule has 3 aromatic rings. The number of esters is 1. The summed E-state index contributed by atoms with van der Waals surface area (Å²) in [5, 5.41) is 8.00. The maximum Gasteiger partial charge on any atom is 0.331 e. The molecule has 3 rings (SSSR count). The minimum Gasteiger partial charge on any atom is -0.497 e. The van der Waals surface area contributed by atoms with Crippen LogP contribution in [0, 0.1) is 6.92 Å². The Morgan fingerprint density at radius 3 is 2.52 bits per heavy atom. The largest absolute Gasteiger partial charge is 0.497 e. The lowest BCUT2D eigenvalue weighted by Gasteiger charge is -2.08. The van der Waals surface area contributed by atoms with Gasteiger partial charge in [0, 0.05) is 23.3 Å². The molecule has 2 aromatic carbocycles. The van der Waals surface area contributed by atoms with Gasteiger partial charge >= 0.3 is 5.97 Å². The Bertz CT molecular complexity index is 1010. The van der Waals surface area contributed by atoms with Crippen molar-refractivity contribution in [2.75, 3.05) is 14.2 Å². The van der Waals surface area contributed by atoms with Gasteiger partial charge in [0.2, 0.25) is 5.89 Å². The fourth-order valence-corrected chi connectivity index (χ4v) is 2.59. The summed E-state index contributed by atoms with van der Waals surface area (Å²) in [5.74, 6) is 1.31. The van der Waals surface area contributed by atoms with Crippen molar-refractivity contribution in [3.05, 3.63) is 65.6 Å². The zero-order valence-electron chi connectivity index (χ0n) is 16.7. The minimum absolute atomic E-state index is 0.226. The predicted molar refractivity (Wildman–Crippen MR) is 108 cm³/mol. The molecule has 1 atom stereocenters. The molecule has 0 saturated carbocycles. The van der Waals surface area contributed by atoms with Gasteiger partial charge in [0.05, 0.1) is 14.2 Å². The van der Waals surface area contributed by atoms with Gasteiger partial charge in [0.1, 0.15) is 11.5 Å². The van der Waals surface area contributed by atoms with Crippen molar-refractivity contribution in [2.45, 2.75) is 20.0 Å². The molecular formula is C22H22N2O5. The third kappa shape index (κ3) is 5.01. The van der Waals surface area contributed by atoms with E-state index >= 15 is 0 Å². The number of rotatable bonds is 7. The van der Waals surface area contributed by atoms with Gasteiger partial charge < -0.3 is 18.6 Å². The highest BCUT2D eigenvalue weighted by Gasteiger charge is 2.18. The molecule has 0 saturated heterocycles. The van der Waals surface area contributed by atoms with Crippen LogP contribution < -0.4 is 9.47 Å². The van der Waals surface area contributed by atoms with Gasteiger partial charge in [0.25, 0.3) is 5.89 Å². The summed E-state index contributed by atoms with van der Waals surface area (Å²) >= 11 is 0. The van der Waals surface area contributed by atoms with Gasteiger partial charge in [-0.25, -0.2) is 4.79 Å². The molecule has 0 bridgehead atoms. The zero-order chi connectivity index (χ0) is 20.8. The van der Waals surface area contributed by atoms with Crippen LogP contribution in [-0.2, 0) is 9.53 Å². The summed E-state index contributed by atoms with van der Waals surface area (Å²) < 4.78 is 21.5. The molecule has 0 radical (unpaired) electrons. The number of ether oxygens (including phenoxy) is 3. The second kappa shape index (κ2) is 9.05. The summed E-state index contributed by atoms with van der Waals surface area (Å²) in [4.78, 5) is 12.2. The summed E-state index contributed by atoms with van der Waals surface area (Å²) in [6.45, 7) is 3.67. The molecule has 0 spiro atoms. The van der Waals surface area contributed by atoms with Gasteiger partial charge in [-0.1, -0.05) is 17.7 Å². The highest BCUT2D eigenvalue weighted by molar-refractivity contribution is 5.87. The third-order valence-corrected chi connectivity index (χ3v) is 4.22. The lowest BCUT2D eigenvalue weighted by atomic mass is 10.1. The first-order valence-corrected chi connectivity index (χ1v) is 9.01. The highest BCUT2D eigenvalue weighted by atomic mass is 16.6. The van der Waals surface area contributed by atoms with Crippen LogP contribution in [0.15, 0.2) is 53.0 Å². The fourth-order valence-electron chi connectivity index (χ4n) is 2.59. The number of benzene rings is 2. The molecule has 0 unspecified atom stereocenters. The Kier molecular flexibility index (Phi) is 6.29. The van der Waals surface area contributed by atoms with E-state index in [1.165, 1.54) is 6.08 Å². The third-order valence-electron chi connectivity index (χ3n) is 4.22. The maximum absolute atomic E-state index is 12.2. The first-order chi connectivity index (χ1) is 14.0. The number of aryl methyl sites for hydroxylation is 1. The van der Waals surface area contributed by atoms with Crippen molar-refractivity contribution in [2.24, 2.45) is 0 Å². The Labute approximate surface area is 168 Å². The van der Waals surface area contributed by atoms with Crippen LogP contribution in [-0.4, -0.2) is 30.4 Å². The summed E-state index contributed by atoms with van der Waals surface area (Å²) in [6.07, 6.45) is 2.24. The quantitative estimate of drug-likeness (QED) is 0.434. The van der Waals surface area contributed by atoms with Crippen molar-refractivity contribution in [1.82, 2.24) is 10.2 Å². The molecule has 0 aliphatic carbocycles. The Morgan fingerprint density at radius 2 is 1.83 bits per heavy atom. The number of carbonyl (C=O) groups is 1. The van der Waals surface area contributed by atoms with Gasteiger partial charge in [-0.2, -0.15) is 0 Å². The molecule has 7 nitrogen and oxygen atoms in total. The van der Waals surface area contributed by atoms with Gasteiger partial charge in [-0.15, -0.1) is 10.2 Å². The van der Waals surface area contributed by atoms with Crippen LogP contribution in [0.4, 0.5) is 0 Å². The number of hydrogen-bond donors (Lipinski definition) is 0. The van der Waals surface area contributed by atoms with E-state index in [1.54, 1.807) is 45.4 Å². The Balaban J connectivity index is 1.65. The second-order valence-electron chi connectivity index (χ2n) is 6.33. The van der Waals surface area contributed by atoms with Crippen LogP contribution in [0.2, 0.25) is 0 Å².